The van der Waals surface area contributed by atoms with Gasteiger partial charge in [0, 0.05) is 11.7 Å². The Balaban J connectivity index is 1.91. The Morgan fingerprint density at radius 2 is 2.05 bits per heavy atom. The van der Waals surface area contributed by atoms with Gasteiger partial charge in [-0.3, -0.25) is 14.5 Å². The molecule has 2 amide bonds. The molecule has 0 saturated carbocycles. The molecule has 1 aliphatic heterocycles. The highest BCUT2D eigenvalue weighted by molar-refractivity contribution is 7.07. The fraction of sp³-hybridized carbons (Fsp3) is 0.200. The predicted octanol–water partition coefficient (Wildman–Crippen LogP) is 2.56. The molecule has 1 atom stereocenters. The molecule has 0 fully saturated rings. The van der Waals surface area contributed by atoms with Gasteiger partial charge < -0.3 is 5.73 Å². The lowest BCUT2D eigenvalue weighted by Gasteiger charge is -2.22. The van der Waals surface area contributed by atoms with E-state index in [1.807, 2.05) is 23.8 Å². The monoisotopic (exact) mass is 286 g/mol. The molecule has 4 nitrogen and oxygen atoms in total. The van der Waals surface area contributed by atoms with Crippen LogP contribution in [0.3, 0.4) is 0 Å². The Labute approximate surface area is 120 Å². The summed E-state index contributed by atoms with van der Waals surface area (Å²) in [6, 6.07) is 6.83. The van der Waals surface area contributed by atoms with E-state index in [2.05, 4.69) is 0 Å². The SMILES string of the molecule is CC(Cc1ccsc1)N1C(=O)c2cccc(N)c2C1=O. The van der Waals surface area contributed by atoms with Crippen LogP contribution in [0.25, 0.3) is 0 Å². The van der Waals surface area contributed by atoms with Crippen LogP contribution in [-0.2, 0) is 6.42 Å². The van der Waals surface area contributed by atoms with E-state index in [9.17, 15) is 9.59 Å². The first-order valence-electron chi connectivity index (χ1n) is 6.37. The van der Waals surface area contributed by atoms with Crippen LogP contribution in [-0.4, -0.2) is 22.8 Å². The summed E-state index contributed by atoms with van der Waals surface area (Å²) >= 11 is 1.61. The molecule has 1 aliphatic rings. The van der Waals surface area contributed by atoms with Crippen LogP contribution in [0.1, 0.15) is 33.2 Å². The molecule has 102 valence electrons. The summed E-state index contributed by atoms with van der Waals surface area (Å²) in [6.45, 7) is 1.88. The molecule has 5 heteroatoms. The number of hydrogen-bond acceptors (Lipinski definition) is 4. The molecular weight excluding hydrogens is 272 g/mol. The summed E-state index contributed by atoms with van der Waals surface area (Å²) in [4.78, 5) is 26.1. The highest BCUT2D eigenvalue weighted by atomic mass is 32.1. The molecule has 3 rings (SSSR count). The van der Waals surface area contributed by atoms with E-state index in [1.165, 1.54) is 4.90 Å². The van der Waals surface area contributed by atoms with Crippen LogP contribution in [0.5, 0.6) is 0 Å². The van der Waals surface area contributed by atoms with Gasteiger partial charge >= 0.3 is 0 Å². The van der Waals surface area contributed by atoms with Gasteiger partial charge in [0.25, 0.3) is 11.8 Å². The summed E-state index contributed by atoms with van der Waals surface area (Å²) in [5, 5.41) is 4.02. The second-order valence-corrected chi connectivity index (χ2v) is 5.71. The summed E-state index contributed by atoms with van der Waals surface area (Å²) in [5.74, 6) is -0.536. The number of thiophene rings is 1. The molecule has 2 N–H and O–H groups in total. The van der Waals surface area contributed by atoms with Crippen molar-refractivity contribution in [2.45, 2.75) is 19.4 Å². The first-order valence-corrected chi connectivity index (χ1v) is 7.31. The Morgan fingerprint density at radius 1 is 1.25 bits per heavy atom. The molecular formula is C15H14N2O2S. The van der Waals surface area contributed by atoms with Gasteiger partial charge in [0.2, 0.25) is 0 Å². The molecule has 1 aromatic heterocycles. The fourth-order valence-electron chi connectivity index (χ4n) is 2.57. The first kappa shape index (κ1) is 12.9. The number of nitrogen functional groups attached to an aromatic ring is 1. The number of carbonyl (C=O) groups excluding carboxylic acids is 2. The van der Waals surface area contributed by atoms with E-state index >= 15 is 0 Å². The van der Waals surface area contributed by atoms with Crippen LogP contribution >= 0.6 is 11.3 Å². The van der Waals surface area contributed by atoms with Gasteiger partial charge in [-0.1, -0.05) is 6.07 Å². The van der Waals surface area contributed by atoms with Crippen molar-refractivity contribution in [3.8, 4) is 0 Å². The smallest absolute Gasteiger partial charge is 0.263 e. The lowest BCUT2D eigenvalue weighted by Crippen LogP contribution is -2.39. The Hall–Kier alpha value is -2.14. The topological polar surface area (TPSA) is 63.4 Å². The quantitative estimate of drug-likeness (QED) is 0.696. The lowest BCUT2D eigenvalue weighted by molar-refractivity contribution is 0.0597. The molecule has 2 heterocycles. The normalized spacial score (nSPS) is 15.6. The van der Waals surface area contributed by atoms with E-state index in [0.29, 0.717) is 23.2 Å². The van der Waals surface area contributed by atoms with E-state index in [4.69, 9.17) is 5.73 Å². The largest absolute Gasteiger partial charge is 0.398 e. The van der Waals surface area contributed by atoms with Gasteiger partial charge in [-0.05, 0) is 47.9 Å². The Kier molecular flexibility index (Phi) is 3.06. The van der Waals surface area contributed by atoms with E-state index in [0.717, 1.165) is 5.56 Å². The molecule has 0 aliphatic carbocycles. The maximum Gasteiger partial charge on any atom is 0.263 e. The lowest BCUT2D eigenvalue weighted by atomic mass is 10.1. The minimum absolute atomic E-state index is 0.184. The minimum Gasteiger partial charge on any atom is -0.398 e. The Bertz CT molecular complexity index is 679. The minimum atomic E-state index is -0.286. The zero-order valence-corrected chi connectivity index (χ0v) is 11.8. The molecule has 0 saturated heterocycles. The van der Waals surface area contributed by atoms with Gasteiger partial charge in [-0.15, -0.1) is 0 Å². The number of fused-ring (bicyclic) bond motifs is 1. The third kappa shape index (κ3) is 1.91. The standard InChI is InChI=1S/C15H14N2O2S/c1-9(7-10-5-6-20-8-10)17-14(18)11-3-2-4-12(16)13(11)15(17)19/h2-6,8-9H,7,16H2,1H3. The van der Waals surface area contributed by atoms with E-state index < -0.39 is 0 Å². The maximum absolute atomic E-state index is 12.4. The van der Waals surface area contributed by atoms with Crippen molar-refractivity contribution in [1.82, 2.24) is 4.90 Å². The van der Waals surface area contributed by atoms with Crippen LogP contribution in [0.2, 0.25) is 0 Å². The molecule has 2 aromatic rings. The summed E-state index contributed by atoms with van der Waals surface area (Å²) in [7, 11) is 0. The zero-order valence-electron chi connectivity index (χ0n) is 11.0. The van der Waals surface area contributed by atoms with Crippen molar-refractivity contribution in [3.63, 3.8) is 0 Å². The van der Waals surface area contributed by atoms with Gasteiger partial charge in [0.1, 0.15) is 0 Å². The second-order valence-electron chi connectivity index (χ2n) is 4.93. The third-order valence-corrected chi connectivity index (χ3v) is 4.26. The third-order valence-electron chi connectivity index (χ3n) is 3.53. The van der Waals surface area contributed by atoms with Crippen LogP contribution in [0.15, 0.2) is 35.0 Å². The number of carbonyl (C=O) groups is 2. The molecule has 1 aromatic carbocycles. The maximum atomic E-state index is 12.4. The van der Waals surface area contributed by atoms with Crippen LogP contribution in [0, 0.1) is 0 Å². The van der Waals surface area contributed by atoms with Gasteiger partial charge in [-0.2, -0.15) is 11.3 Å². The van der Waals surface area contributed by atoms with Gasteiger partial charge in [0.05, 0.1) is 11.1 Å². The summed E-state index contributed by atoms with van der Waals surface area (Å²) < 4.78 is 0. The van der Waals surface area contributed by atoms with Gasteiger partial charge in [0.15, 0.2) is 0 Å². The molecule has 0 spiro atoms. The van der Waals surface area contributed by atoms with Crippen LogP contribution in [0.4, 0.5) is 5.69 Å². The van der Waals surface area contributed by atoms with Crippen molar-refractivity contribution in [2.24, 2.45) is 0 Å². The number of benzene rings is 1. The van der Waals surface area contributed by atoms with Crippen LogP contribution < -0.4 is 5.73 Å². The van der Waals surface area contributed by atoms with Gasteiger partial charge in [-0.25, -0.2) is 0 Å². The molecule has 1 unspecified atom stereocenters. The number of imide groups is 1. The average Bonchev–Trinajstić information content (AvgIpc) is 2.98. The van der Waals surface area contributed by atoms with Crippen molar-refractivity contribution in [1.29, 1.82) is 0 Å². The first-order chi connectivity index (χ1) is 9.59. The highest BCUT2D eigenvalue weighted by Crippen LogP contribution is 2.29. The molecule has 20 heavy (non-hydrogen) atoms. The fourth-order valence-corrected chi connectivity index (χ4v) is 3.25. The summed E-state index contributed by atoms with van der Waals surface area (Å²) in [5.41, 5.74) is 8.07. The highest BCUT2D eigenvalue weighted by Gasteiger charge is 2.39. The Morgan fingerprint density at radius 3 is 2.70 bits per heavy atom. The van der Waals surface area contributed by atoms with Crippen molar-refractivity contribution < 1.29 is 9.59 Å². The number of nitrogens with zero attached hydrogens (tertiary/aromatic N) is 1. The predicted molar refractivity (Wildman–Crippen MR) is 78.8 cm³/mol. The second kappa shape index (κ2) is 4.76. The van der Waals surface area contributed by atoms with Crippen molar-refractivity contribution >= 4 is 28.8 Å². The number of nitrogens with two attached hydrogens (primary N) is 1. The summed E-state index contributed by atoms with van der Waals surface area (Å²) in [6.07, 6.45) is 0.662. The van der Waals surface area contributed by atoms with Crippen molar-refractivity contribution in [2.75, 3.05) is 5.73 Å². The van der Waals surface area contributed by atoms with Crippen molar-refractivity contribution in [3.05, 3.63) is 51.7 Å². The number of anilines is 1. The number of rotatable bonds is 3. The van der Waals surface area contributed by atoms with E-state index in [-0.39, 0.29) is 17.9 Å². The number of amides is 2. The molecule has 0 radical (unpaired) electrons. The van der Waals surface area contributed by atoms with E-state index in [1.54, 1.807) is 29.5 Å². The number of hydrogen-bond donors (Lipinski definition) is 1. The molecule has 0 bridgehead atoms. The average molecular weight is 286 g/mol. The zero-order chi connectivity index (χ0) is 14.3.